The highest BCUT2D eigenvalue weighted by molar-refractivity contribution is 5.98. The summed E-state index contributed by atoms with van der Waals surface area (Å²) in [6.07, 6.45) is -0.948. The molecule has 0 radical (unpaired) electrons. The summed E-state index contributed by atoms with van der Waals surface area (Å²) in [5.41, 5.74) is 16.2. The fourth-order valence-electron chi connectivity index (χ4n) is 0.785. The standard InChI is InChI=1S/C5H12N6O/c1-2(12)5(8)10-3(6)9-4(7)11-5/h2,12H,8H2,1H3,(H5,6,7,9,10,11). The van der Waals surface area contributed by atoms with Gasteiger partial charge in [-0.05, 0) is 6.92 Å². The number of rotatable bonds is 1. The van der Waals surface area contributed by atoms with Crippen molar-refractivity contribution in [2.75, 3.05) is 0 Å². The summed E-state index contributed by atoms with van der Waals surface area (Å²) in [7, 11) is 0. The minimum atomic E-state index is -1.46. The zero-order valence-corrected chi connectivity index (χ0v) is 6.65. The lowest BCUT2D eigenvalue weighted by atomic mass is 10.2. The molecule has 0 aromatic carbocycles. The average molecular weight is 172 g/mol. The van der Waals surface area contributed by atoms with Crippen LogP contribution in [0.15, 0.2) is 9.98 Å². The van der Waals surface area contributed by atoms with Gasteiger partial charge >= 0.3 is 0 Å². The van der Waals surface area contributed by atoms with Crippen LogP contribution in [-0.4, -0.2) is 28.9 Å². The normalized spacial score (nSPS) is 23.6. The first-order valence-electron chi connectivity index (χ1n) is 3.38. The van der Waals surface area contributed by atoms with Gasteiger partial charge in [-0.15, -0.1) is 0 Å². The molecule has 0 fully saturated rings. The average Bonchev–Trinajstić information content (AvgIpc) is 1.82. The van der Waals surface area contributed by atoms with Crippen molar-refractivity contribution < 1.29 is 5.11 Å². The Morgan fingerprint density at radius 1 is 1.42 bits per heavy atom. The quantitative estimate of drug-likeness (QED) is 0.291. The van der Waals surface area contributed by atoms with Crippen LogP contribution in [0.1, 0.15) is 6.92 Å². The van der Waals surface area contributed by atoms with Crippen molar-refractivity contribution >= 4 is 11.9 Å². The Morgan fingerprint density at radius 3 is 2.17 bits per heavy atom. The molecule has 0 aromatic rings. The molecule has 0 spiro atoms. The van der Waals surface area contributed by atoms with Gasteiger partial charge in [0.25, 0.3) is 0 Å². The number of aliphatic imine (C=N–C) groups is 2. The molecule has 68 valence electrons. The zero-order chi connectivity index (χ0) is 9.35. The molecule has 0 aliphatic carbocycles. The van der Waals surface area contributed by atoms with Gasteiger partial charge in [0.2, 0.25) is 5.79 Å². The predicted octanol–water partition coefficient (Wildman–Crippen LogP) is -2.79. The van der Waals surface area contributed by atoms with Crippen molar-refractivity contribution in [2.45, 2.75) is 18.8 Å². The monoisotopic (exact) mass is 172 g/mol. The fourth-order valence-corrected chi connectivity index (χ4v) is 0.785. The van der Waals surface area contributed by atoms with Crippen LogP contribution in [0, 0.1) is 0 Å². The third kappa shape index (κ3) is 1.46. The number of nitrogens with one attached hydrogen (secondary N) is 1. The van der Waals surface area contributed by atoms with Crippen LogP contribution >= 0.6 is 0 Å². The van der Waals surface area contributed by atoms with Gasteiger partial charge in [-0.1, -0.05) is 0 Å². The van der Waals surface area contributed by atoms with Gasteiger partial charge in [-0.3, -0.25) is 11.1 Å². The van der Waals surface area contributed by atoms with E-state index in [2.05, 4.69) is 15.3 Å². The van der Waals surface area contributed by atoms with E-state index in [1.165, 1.54) is 6.92 Å². The van der Waals surface area contributed by atoms with Crippen molar-refractivity contribution in [3.8, 4) is 0 Å². The Bertz CT molecular complexity index is 226. The number of hydrogen-bond donors (Lipinski definition) is 5. The number of nitrogens with two attached hydrogens (primary N) is 3. The molecule has 7 heteroatoms. The molecule has 1 aliphatic rings. The first-order chi connectivity index (χ1) is 5.44. The van der Waals surface area contributed by atoms with E-state index in [0.717, 1.165) is 0 Å². The topological polar surface area (TPSA) is 135 Å². The highest BCUT2D eigenvalue weighted by atomic mass is 16.3. The van der Waals surface area contributed by atoms with Crippen molar-refractivity contribution in [1.29, 1.82) is 0 Å². The summed E-state index contributed by atoms with van der Waals surface area (Å²) in [5.74, 6) is -1.36. The lowest BCUT2D eigenvalue weighted by Gasteiger charge is -2.27. The van der Waals surface area contributed by atoms with Gasteiger partial charge in [0.05, 0.1) is 0 Å². The zero-order valence-electron chi connectivity index (χ0n) is 6.65. The van der Waals surface area contributed by atoms with Crippen LogP contribution in [-0.2, 0) is 0 Å². The first kappa shape index (κ1) is 8.75. The second-order valence-electron chi connectivity index (χ2n) is 2.58. The first-order valence-corrected chi connectivity index (χ1v) is 3.38. The molecule has 1 rings (SSSR count). The van der Waals surface area contributed by atoms with E-state index in [1.807, 2.05) is 0 Å². The van der Waals surface area contributed by atoms with Gasteiger partial charge in [0.15, 0.2) is 11.9 Å². The lowest BCUT2D eigenvalue weighted by molar-refractivity contribution is 0.109. The predicted molar refractivity (Wildman–Crippen MR) is 45.0 cm³/mol. The van der Waals surface area contributed by atoms with Crippen molar-refractivity contribution in [3.05, 3.63) is 0 Å². The number of guanidine groups is 2. The summed E-state index contributed by atoms with van der Waals surface area (Å²) in [6, 6.07) is 0. The Kier molecular flexibility index (Phi) is 1.90. The third-order valence-electron chi connectivity index (χ3n) is 1.47. The number of hydrogen-bond acceptors (Lipinski definition) is 7. The van der Waals surface area contributed by atoms with Crippen molar-refractivity contribution in [2.24, 2.45) is 27.2 Å². The second-order valence-corrected chi connectivity index (χ2v) is 2.58. The molecule has 12 heavy (non-hydrogen) atoms. The molecule has 0 saturated heterocycles. The van der Waals surface area contributed by atoms with Gasteiger partial charge in [-0.2, -0.15) is 0 Å². The molecular formula is C5H12N6O. The van der Waals surface area contributed by atoms with Crippen LogP contribution in [0.2, 0.25) is 0 Å². The van der Waals surface area contributed by atoms with Crippen molar-refractivity contribution in [3.63, 3.8) is 0 Å². The van der Waals surface area contributed by atoms with Crippen LogP contribution in [0.5, 0.6) is 0 Å². The number of aliphatic hydroxyl groups excluding tert-OH is 1. The largest absolute Gasteiger partial charge is 0.387 e. The molecule has 1 aliphatic heterocycles. The molecule has 1 heterocycles. The van der Waals surface area contributed by atoms with E-state index in [4.69, 9.17) is 17.2 Å². The van der Waals surface area contributed by atoms with Gasteiger partial charge in [-0.25, -0.2) is 9.98 Å². The summed E-state index contributed by atoms with van der Waals surface area (Å²) in [4.78, 5) is 7.42. The summed E-state index contributed by atoms with van der Waals surface area (Å²) in [6.45, 7) is 1.46. The molecular weight excluding hydrogens is 160 g/mol. The molecule has 0 bridgehead atoms. The number of nitrogens with zero attached hydrogens (tertiary/aromatic N) is 2. The van der Waals surface area contributed by atoms with E-state index in [1.54, 1.807) is 0 Å². The van der Waals surface area contributed by atoms with Crippen LogP contribution < -0.4 is 22.5 Å². The van der Waals surface area contributed by atoms with Crippen molar-refractivity contribution in [1.82, 2.24) is 5.32 Å². The van der Waals surface area contributed by atoms with Gasteiger partial charge in [0.1, 0.15) is 6.10 Å². The maximum Gasteiger partial charge on any atom is 0.235 e. The molecule has 1 unspecified atom stereocenters. The maximum absolute atomic E-state index is 9.19. The van der Waals surface area contributed by atoms with E-state index >= 15 is 0 Å². The third-order valence-corrected chi connectivity index (χ3v) is 1.47. The summed E-state index contributed by atoms with van der Waals surface area (Å²) < 4.78 is 0. The van der Waals surface area contributed by atoms with Crippen LogP contribution in [0.4, 0.5) is 0 Å². The van der Waals surface area contributed by atoms with Gasteiger partial charge in [0, 0.05) is 0 Å². The van der Waals surface area contributed by atoms with Gasteiger partial charge < -0.3 is 16.6 Å². The lowest BCUT2D eigenvalue weighted by Crippen LogP contribution is -2.57. The summed E-state index contributed by atoms with van der Waals surface area (Å²) in [5, 5.41) is 11.6. The minimum Gasteiger partial charge on any atom is -0.387 e. The van der Waals surface area contributed by atoms with E-state index in [0.29, 0.717) is 0 Å². The molecule has 0 amide bonds. The highest BCUT2D eigenvalue weighted by Crippen LogP contribution is 2.12. The molecule has 1 atom stereocenters. The SMILES string of the molecule is CC(O)C1(N)N=C(N)NC(N)=N1. The van der Waals surface area contributed by atoms with E-state index in [9.17, 15) is 5.11 Å². The Morgan fingerprint density at radius 2 is 1.83 bits per heavy atom. The maximum atomic E-state index is 9.19. The smallest absolute Gasteiger partial charge is 0.235 e. The highest BCUT2D eigenvalue weighted by Gasteiger charge is 2.32. The Hall–Kier alpha value is -1.34. The fraction of sp³-hybridized carbons (Fsp3) is 0.600. The van der Waals surface area contributed by atoms with E-state index < -0.39 is 11.9 Å². The summed E-state index contributed by atoms with van der Waals surface area (Å²) >= 11 is 0. The minimum absolute atomic E-state index is 0.0471. The molecule has 0 saturated carbocycles. The number of aliphatic hydroxyl groups is 1. The van der Waals surface area contributed by atoms with Crippen LogP contribution in [0.3, 0.4) is 0 Å². The molecule has 0 aromatic heterocycles. The van der Waals surface area contributed by atoms with Crippen LogP contribution in [0.25, 0.3) is 0 Å². The van der Waals surface area contributed by atoms with E-state index in [-0.39, 0.29) is 11.9 Å². The second kappa shape index (κ2) is 2.61. The molecule has 8 N–H and O–H groups in total. The molecule has 7 nitrogen and oxygen atoms in total. The Labute approximate surface area is 69.3 Å². The Balaban J connectivity index is 2.97.